The van der Waals surface area contributed by atoms with Crippen molar-refractivity contribution in [3.8, 4) is 0 Å². The molecule has 0 aliphatic carbocycles. The minimum atomic E-state index is 0. The fourth-order valence-corrected chi connectivity index (χ4v) is 1.87. The standard InChI is InChI=1S/C14H30O.Mg/c1-5-9-11-13(7-3)15-14(8-4)12-10-6-2;/h13-14H,5-12H2,1-4H3;. The normalized spacial score (nSPS) is 14.2. The first kappa shape index (κ1) is 19.1. The smallest absolute Gasteiger partial charge is 0.0576 e. The van der Waals surface area contributed by atoms with Crippen LogP contribution in [0, 0.1) is 0 Å². The summed E-state index contributed by atoms with van der Waals surface area (Å²) in [7, 11) is 0. The van der Waals surface area contributed by atoms with Crippen LogP contribution in [0.4, 0.5) is 0 Å². The summed E-state index contributed by atoms with van der Waals surface area (Å²) in [5.74, 6) is 0. The van der Waals surface area contributed by atoms with Gasteiger partial charge in [0.05, 0.1) is 12.2 Å². The summed E-state index contributed by atoms with van der Waals surface area (Å²) in [6.45, 7) is 8.99. The average Bonchev–Trinajstić information content (AvgIpc) is 2.28. The van der Waals surface area contributed by atoms with Crippen LogP contribution in [-0.2, 0) is 4.74 Å². The third kappa shape index (κ3) is 9.92. The van der Waals surface area contributed by atoms with Gasteiger partial charge in [0.2, 0.25) is 0 Å². The van der Waals surface area contributed by atoms with Crippen LogP contribution in [0.3, 0.4) is 0 Å². The number of ether oxygens (including phenoxy) is 1. The van der Waals surface area contributed by atoms with Crippen molar-refractivity contribution in [2.75, 3.05) is 0 Å². The summed E-state index contributed by atoms with van der Waals surface area (Å²) in [5, 5.41) is 0. The molecule has 0 aromatic carbocycles. The molecule has 0 saturated heterocycles. The number of hydrogen-bond donors (Lipinski definition) is 0. The van der Waals surface area contributed by atoms with Crippen LogP contribution in [0.1, 0.15) is 79.1 Å². The predicted octanol–water partition coefficient (Wildman–Crippen LogP) is 4.56. The first-order valence-corrected chi connectivity index (χ1v) is 6.93. The maximum atomic E-state index is 6.15. The van der Waals surface area contributed by atoms with Crippen LogP contribution >= 0.6 is 0 Å². The molecule has 0 fully saturated rings. The number of rotatable bonds is 10. The zero-order valence-corrected chi connectivity index (χ0v) is 13.3. The Balaban J connectivity index is 0. The second kappa shape index (κ2) is 13.8. The highest BCUT2D eigenvalue weighted by Crippen LogP contribution is 2.16. The van der Waals surface area contributed by atoms with Crippen LogP contribution in [0.25, 0.3) is 0 Å². The molecule has 0 N–H and O–H groups in total. The summed E-state index contributed by atoms with van der Waals surface area (Å²) in [4.78, 5) is 0. The summed E-state index contributed by atoms with van der Waals surface area (Å²) >= 11 is 0. The monoisotopic (exact) mass is 238 g/mol. The third-order valence-electron chi connectivity index (χ3n) is 3.05. The van der Waals surface area contributed by atoms with Gasteiger partial charge in [-0.25, -0.2) is 0 Å². The van der Waals surface area contributed by atoms with Crippen LogP contribution in [0.15, 0.2) is 0 Å². The van der Waals surface area contributed by atoms with Crippen molar-refractivity contribution in [1.82, 2.24) is 0 Å². The highest BCUT2D eigenvalue weighted by Gasteiger charge is 2.12. The molecule has 0 aromatic heterocycles. The zero-order valence-electron chi connectivity index (χ0n) is 11.9. The van der Waals surface area contributed by atoms with E-state index in [0.29, 0.717) is 12.2 Å². The fourth-order valence-electron chi connectivity index (χ4n) is 1.87. The molecular formula is C14H30MgO. The molecule has 2 unspecified atom stereocenters. The van der Waals surface area contributed by atoms with Crippen LogP contribution in [0.2, 0.25) is 0 Å². The molecule has 0 saturated carbocycles. The van der Waals surface area contributed by atoms with E-state index in [1.807, 2.05) is 0 Å². The second-order valence-corrected chi connectivity index (χ2v) is 4.48. The van der Waals surface area contributed by atoms with E-state index in [9.17, 15) is 0 Å². The van der Waals surface area contributed by atoms with Crippen molar-refractivity contribution in [3.05, 3.63) is 0 Å². The quantitative estimate of drug-likeness (QED) is 0.507. The largest absolute Gasteiger partial charge is 0.375 e. The van der Waals surface area contributed by atoms with Gasteiger partial charge >= 0.3 is 0 Å². The van der Waals surface area contributed by atoms with E-state index in [-0.39, 0.29) is 23.1 Å². The molecule has 0 aromatic rings. The first-order chi connectivity index (χ1) is 7.28. The Hall–Kier alpha value is 0.726. The number of unbranched alkanes of at least 4 members (excludes halogenated alkanes) is 2. The van der Waals surface area contributed by atoms with Crippen molar-refractivity contribution in [1.29, 1.82) is 0 Å². The van der Waals surface area contributed by atoms with Gasteiger partial charge in [0.15, 0.2) is 0 Å². The van der Waals surface area contributed by atoms with Gasteiger partial charge in [0.1, 0.15) is 0 Å². The predicted molar refractivity (Wildman–Crippen MR) is 74.0 cm³/mol. The lowest BCUT2D eigenvalue weighted by Crippen LogP contribution is -2.21. The van der Waals surface area contributed by atoms with Crippen molar-refractivity contribution in [2.45, 2.75) is 91.3 Å². The molecule has 0 bridgehead atoms. The van der Waals surface area contributed by atoms with Crippen molar-refractivity contribution in [3.63, 3.8) is 0 Å². The lowest BCUT2D eigenvalue weighted by molar-refractivity contribution is -0.0253. The van der Waals surface area contributed by atoms with Crippen molar-refractivity contribution >= 4 is 23.1 Å². The number of hydrogen-bond acceptors (Lipinski definition) is 1. The second-order valence-electron chi connectivity index (χ2n) is 4.48. The highest BCUT2D eigenvalue weighted by molar-refractivity contribution is 5.75. The van der Waals surface area contributed by atoms with Gasteiger partial charge < -0.3 is 4.74 Å². The van der Waals surface area contributed by atoms with Crippen molar-refractivity contribution < 1.29 is 4.74 Å². The van der Waals surface area contributed by atoms with E-state index in [2.05, 4.69) is 27.7 Å². The zero-order chi connectivity index (χ0) is 11.5. The van der Waals surface area contributed by atoms with Gasteiger partial charge in [0, 0.05) is 23.1 Å². The maximum Gasteiger partial charge on any atom is 0.0576 e. The molecule has 2 atom stereocenters. The molecule has 0 aliphatic rings. The molecular weight excluding hydrogens is 208 g/mol. The molecule has 0 rings (SSSR count). The summed E-state index contributed by atoms with van der Waals surface area (Å²) in [5.41, 5.74) is 0. The first-order valence-electron chi connectivity index (χ1n) is 6.93. The molecule has 2 radical (unpaired) electrons. The van der Waals surface area contributed by atoms with Crippen molar-refractivity contribution in [2.24, 2.45) is 0 Å². The molecule has 0 aliphatic heterocycles. The van der Waals surface area contributed by atoms with Crippen LogP contribution in [0.5, 0.6) is 0 Å². The fraction of sp³-hybridized carbons (Fsp3) is 1.00. The Labute approximate surface area is 119 Å². The molecule has 0 spiro atoms. The Morgan fingerprint density at radius 1 is 0.750 bits per heavy atom. The Morgan fingerprint density at radius 3 is 1.38 bits per heavy atom. The highest BCUT2D eigenvalue weighted by atomic mass is 24.3. The van der Waals surface area contributed by atoms with E-state index in [1.54, 1.807) is 0 Å². The van der Waals surface area contributed by atoms with Gasteiger partial charge in [-0.05, 0) is 25.7 Å². The van der Waals surface area contributed by atoms with E-state index < -0.39 is 0 Å². The van der Waals surface area contributed by atoms with Crippen LogP contribution < -0.4 is 0 Å². The maximum absolute atomic E-state index is 6.15. The molecule has 1 nitrogen and oxygen atoms in total. The minimum Gasteiger partial charge on any atom is -0.375 e. The molecule has 0 heterocycles. The van der Waals surface area contributed by atoms with E-state index in [4.69, 9.17) is 4.74 Å². The average molecular weight is 239 g/mol. The molecule has 16 heavy (non-hydrogen) atoms. The van der Waals surface area contributed by atoms with Gasteiger partial charge in [-0.3, -0.25) is 0 Å². The van der Waals surface area contributed by atoms with E-state index >= 15 is 0 Å². The van der Waals surface area contributed by atoms with E-state index in [1.165, 1.54) is 51.4 Å². The van der Waals surface area contributed by atoms with Gasteiger partial charge in [0.25, 0.3) is 0 Å². The van der Waals surface area contributed by atoms with Gasteiger partial charge in [-0.1, -0.05) is 53.4 Å². The minimum absolute atomic E-state index is 0. The Kier molecular flexibility index (Phi) is 16.4. The molecule has 2 heteroatoms. The summed E-state index contributed by atoms with van der Waals surface area (Å²) < 4.78 is 6.15. The SMILES string of the molecule is CCCCC(CC)OC(CC)CCCC.[Mg]. The lowest BCUT2D eigenvalue weighted by Gasteiger charge is -2.23. The summed E-state index contributed by atoms with van der Waals surface area (Å²) in [6, 6.07) is 0. The van der Waals surface area contributed by atoms with Crippen LogP contribution in [-0.4, -0.2) is 35.3 Å². The van der Waals surface area contributed by atoms with Gasteiger partial charge in [-0.15, -0.1) is 0 Å². The lowest BCUT2D eigenvalue weighted by atomic mass is 10.1. The summed E-state index contributed by atoms with van der Waals surface area (Å²) in [6.07, 6.45) is 11.0. The van der Waals surface area contributed by atoms with E-state index in [0.717, 1.165) is 0 Å². The Bertz CT molecular complexity index is 114. The Morgan fingerprint density at radius 2 is 1.12 bits per heavy atom. The third-order valence-corrected chi connectivity index (χ3v) is 3.05. The van der Waals surface area contributed by atoms with Gasteiger partial charge in [-0.2, -0.15) is 0 Å². The molecule has 94 valence electrons. The molecule has 0 amide bonds. The topological polar surface area (TPSA) is 9.23 Å².